The summed E-state index contributed by atoms with van der Waals surface area (Å²) < 4.78 is 0. The van der Waals surface area contributed by atoms with Crippen LogP contribution in [0.1, 0.15) is 63.9 Å². The van der Waals surface area contributed by atoms with E-state index in [1.165, 1.54) is 51.4 Å². The van der Waals surface area contributed by atoms with E-state index >= 15 is 0 Å². The molecule has 4 heterocycles. The SMILES string of the molecule is Cc1cnc(N2CC[C@H](C3C[C@H]4CC[C@@H](C3)N4[C@@H](C(N)=O)C3CC3)C[C@@H]2C)nc1. The van der Waals surface area contributed by atoms with Crippen molar-refractivity contribution in [2.75, 3.05) is 11.4 Å². The molecule has 0 spiro atoms. The van der Waals surface area contributed by atoms with Crippen LogP contribution in [0, 0.1) is 24.7 Å². The highest BCUT2D eigenvalue weighted by atomic mass is 16.1. The standard InChI is InChI=1S/C23H35N5O/c1-14-12-25-23(26-13-14)27-8-7-17(9-15(27)2)18-10-19-5-6-20(11-18)28(19)21(22(24)29)16-3-4-16/h12-13,15-21H,3-11H2,1-2H3,(H2,24,29)/t15-,17-,18?,19-,20+,21+/m0/s1. The number of hydrogen-bond donors (Lipinski definition) is 1. The number of primary amides is 1. The maximum absolute atomic E-state index is 12.2. The molecule has 29 heavy (non-hydrogen) atoms. The van der Waals surface area contributed by atoms with Crippen molar-refractivity contribution in [1.29, 1.82) is 0 Å². The molecular weight excluding hydrogens is 362 g/mol. The first-order valence-electron chi connectivity index (χ1n) is 11.6. The number of amides is 1. The lowest BCUT2D eigenvalue weighted by Crippen LogP contribution is -2.56. The van der Waals surface area contributed by atoms with Gasteiger partial charge in [-0.3, -0.25) is 9.69 Å². The fourth-order valence-corrected chi connectivity index (χ4v) is 6.60. The fraction of sp³-hybridized carbons (Fsp3) is 0.783. The van der Waals surface area contributed by atoms with E-state index in [1.54, 1.807) is 0 Å². The highest BCUT2D eigenvalue weighted by Crippen LogP contribution is 2.48. The molecule has 1 aliphatic carbocycles. The summed E-state index contributed by atoms with van der Waals surface area (Å²) >= 11 is 0. The number of hydrogen-bond acceptors (Lipinski definition) is 5. The second-order valence-corrected chi connectivity index (χ2v) is 10.1. The van der Waals surface area contributed by atoms with Gasteiger partial charge in [0.1, 0.15) is 0 Å². The van der Waals surface area contributed by atoms with Crippen molar-refractivity contribution >= 4 is 11.9 Å². The third kappa shape index (κ3) is 3.65. The zero-order chi connectivity index (χ0) is 20.1. The van der Waals surface area contributed by atoms with Crippen LogP contribution in [0.2, 0.25) is 0 Å². The Morgan fingerprint density at radius 2 is 1.69 bits per heavy atom. The largest absolute Gasteiger partial charge is 0.368 e. The summed E-state index contributed by atoms with van der Waals surface area (Å²) in [6.07, 6.45) is 13.7. The normalized spacial score (nSPS) is 36.2. The quantitative estimate of drug-likeness (QED) is 0.827. The molecule has 158 valence electrons. The third-order valence-corrected chi connectivity index (χ3v) is 8.11. The van der Waals surface area contributed by atoms with Crippen LogP contribution in [0.4, 0.5) is 5.95 Å². The zero-order valence-electron chi connectivity index (χ0n) is 17.8. The highest BCUT2D eigenvalue weighted by molar-refractivity contribution is 5.80. The van der Waals surface area contributed by atoms with Crippen LogP contribution in [0.15, 0.2) is 12.4 Å². The molecule has 3 aliphatic heterocycles. The molecular formula is C23H35N5O. The Hall–Kier alpha value is -1.69. The molecule has 4 fully saturated rings. The first-order valence-corrected chi connectivity index (χ1v) is 11.6. The molecule has 3 saturated heterocycles. The summed E-state index contributed by atoms with van der Waals surface area (Å²) in [7, 11) is 0. The number of nitrogens with zero attached hydrogens (tertiary/aromatic N) is 4. The summed E-state index contributed by atoms with van der Waals surface area (Å²) in [4.78, 5) is 26.2. The number of rotatable bonds is 5. The molecule has 6 heteroatoms. The van der Waals surface area contributed by atoms with Crippen molar-refractivity contribution in [2.24, 2.45) is 23.5 Å². The number of aromatic nitrogens is 2. The van der Waals surface area contributed by atoms with Gasteiger partial charge >= 0.3 is 0 Å². The second-order valence-electron chi connectivity index (χ2n) is 10.1. The molecule has 5 rings (SSSR count). The topological polar surface area (TPSA) is 75.3 Å². The second kappa shape index (κ2) is 7.53. The average molecular weight is 398 g/mol. The molecule has 6 atom stereocenters. The molecule has 2 bridgehead atoms. The molecule has 4 aliphatic rings. The van der Waals surface area contributed by atoms with Crippen LogP contribution < -0.4 is 10.6 Å². The Morgan fingerprint density at radius 3 is 2.24 bits per heavy atom. The van der Waals surface area contributed by atoms with E-state index in [4.69, 9.17) is 5.73 Å². The minimum absolute atomic E-state index is 0.00732. The number of aryl methyl sites for hydroxylation is 1. The lowest BCUT2D eigenvalue weighted by atomic mass is 9.74. The zero-order valence-corrected chi connectivity index (χ0v) is 17.8. The van der Waals surface area contributed by atoms with Gasteiger partial charge in [0.25, 0.3) is 0 Å². The third-order valence-electron chi connectivity index (χ3n) is 8.11. The van der Waals surface area contributed by atoms with Crippen molar-refractivity contribution in [1.82, 2.24) is 14.9 Å². The van der Waals surface area contributed by atoms with Crippen LogP contribution in [0.3, 0.4) is 0 Å². The van der Waals surface area contributed by atoms with Gasteiger partial charge in [-0.05, 0) is 88.5 Å². The molecule has 1 aromatic heterocycles. The summed E-state index contributed by atoms with van der Waals surface area (Å²) in [6, 6.07) is 1.64. The van der Waals surface area contributed by atoms with Crippen molar-refractivity contribution in [3.63, 3.8) is 0 Å². The van der Waals surface area contributed by atoms with Gasteiger partial charge in [-0.1, -0.05) is 0 Å². The van der Waals surface area contributed by atoms with E-state index in [0.29, 0.717) is 24.0 Å². The predicted octanol–water partition coefficient (Wildman–Crippen LogP) is 2.90. The van der Waals surface area contributed by atoms with Gasteiger partial charge in [-0.25, -0.2) is 9.97 Å². The first-order chi connectivity index (χ1) is 14.0. The minimum Gasteiger partial charge on any atom is -0.368 e. The van der Waals surface area contributed by atoms with E-state index in [2.05, 4.69) is 26.7 Å². The Balaban J connectivity index is 1.23. The molecule has 1 aromatic rings. The molecule has 1 amide bonds. The lowest BCUT2D eigenvalue weighted by Gasteiger charge is -2.47. The summed E-state index contributed by atoms with van der Waals surface area (Å²) in [5.41, 5.74) is 6.95. The smallest absolute Gasteiger partial charge is 0.235 e. The Kier molecular flexibility index (Phi) is 5.01. The molecule has 1 saturated carbocycles. The van der Waals surface area contributed by atoms with Gasteiger partial charge in [-0.15, -0.1) is 0 Å². The van der Waals surface area contributed by atoms with Gasteiger partial charge < -0.3 is 10.6 Å². The number of carbonyl (C=O) groups is 1. The monoisotopic (exact) mass is 397 g/mol. The molecule has 0 radical (unpaired) electrons. The van der Waals surface area contributed by atoms with Crippen molar-refractivity contribution in [3.05, 3.63) is 18.0 Å². The molecule has 2 N–H and O–H groups in total. The van der Waals surface area contributed by atoms with Gasteiger partial charge in [0, 0.05) is 37.1 Å². The fourth-order valence-electron chi connectivity index (χ4n) is 6.60. The van der Waals surface area contributed by atoms with Crippen LogP contribution >= 0.6 is 0 Å². The van der Waals surface area contributed by atoms with Crippen LogP contribution in [-0.2, 0) is 4.79 Å². The Labute approximate surface area is 174 Å². The number of carbonyl (C=O) groups excluding carboxylic acids is 1. The van der Waals surface area contributed by atoms with Crippen LogP contribution in [-0.4, -0.2) is 51.5 Å². The maximum Gasteiger partial charge on any atom is 0.235 e. The highest BCUT2D eigenvalue weighted by Gasteiger charge is 2.51. The van der Waals surface area contributed by atoms with E-state index in [9.17, 15) is 4.79 Å². The van der Waals surface area contributed by atoms with Crippen LogP contribution in [0.5, 0.6) is 0 Å². The van der Waals surface area contributed by atoms with Gasteiger partial charge in [0.15, 0.2) is 0 Å². The number of fused-ring (bicyclic) bond motifs is 2. The maximum atomic E-state index is 12.2. The molecule has 6 nitrogen and oxygen atoms in total. The lowest BCUT2D eigenvalue weighted by molar-refractivity contribution is -0.126. The van der Waals surface area contributed by atoms with E-state index in [1.807, 2.05) is 19.3 Å². The van der Waals surface area contributed by atoms with Crippen molar-refractivity contribution in [3.8, 4) is 0 Å². The van der Waals surface area contributed by atoms with Gasteiger partial charge in [0.05, 0.1) is 6.04 Å². The van der Waals surface area contributed by atoms with E-state index in [0.717, 1.165) is 29.9 Å². The number of piperidine rings is 2. The summed E-state index contributed by atoms with van der Waals surface area (Å²) in [5.74, 6) is 2.91. The number of anilines is 1. The van der Waals surface area contributed by atoms with Gasteiger partial charge in [-0.2, -0.15) is 0 Å². The number of nitrogens with two attached hydrogens (primary N) is 1. The Morgan fingerprint density at radius 1 is 1.03 bits per heavy atom. The Bertz CT molecular complexity index is 734. The molecule has 0 aromatic carbocycles. The average Bonchev–Trinajstić information content (AvgIpc) is 3.49. The summed E-state index contributed by atoms with van der Waals surface area (Å²) in [6.45, 7) is 5.41. The first kappa shape index (κ1) is 19.3. The van der Waals surface area contributed by atoms with Crippen molar-refractivity contribution in [2.45, 2.75) is 89.4 Å². The summed E-state index contributed by atoms with van der Waals surface area (Å²) in [5, 5.41) is 0. The minimum atomic E-state index is -0.0807. The molecule has 1 unspecified atom stereocenters. The van der Waals surface area contributed by atoms with E-state index in [-0.39, 0.29) is 11.9 Å². The van der Waals surface area contributed by atoms with Crippen LogP contribution in [0.25, 0.3) is 0 Å². The predicted molar refractivity (Wildman–Crippen MR) is 113 cm³/mol. The van der Waals surface area contributed by atoms with Gasteiger partial charge in [0.2, 0.25) is 11.9 Å². The van der Waals surface area contributed by atoms with Crippen molar-refractivity contribution < 1.29 is 4.79 Å². The van der Waals surface area contributed by atoms with E-state index < -0.39 is 0 Å².